The number of nitriles is 1. The standard InChI is InChI=1S/C79H61N5/c1-47-19-27-62(51(5)35-47)58-23-31-72-66(41-58)67-42-59(63-28-20-48(2)36-52(63)6)24-32-73(67)83(72)76-39-55(46-80)40-77(78(76)71-45-70(56-15-11-9-12-16-56)81-79(82-71)57-17-13-10-14-18-57)84-74-33-25-60(64-29-21-49(3)37-53(64)7)43-68(74)69-44-61(26-34-75(69)84)65-30-22-50(4)38-54(65)8/h9-45H,1-8H3. The summed E-state index contributed by atoms with van der Waals surface area (Å²) in [4.78, 5) is 11.0. The molecule has 5 nitrogen and oxygen atoms in total. The molecule has 0 spiro atoms. The molecule has 5 heteroatoms. The number of hydrogen-bond acceptors (Lipinski definition) is 3. The Labute approximate surface area is 491 Å². The van der Waals surface area contributed by atoms with Crippen LogP contribution < -0.4 is 0 Å². The van der Waals surface area contributed by atoms with Crippen molar-refractivity contribution in [3.8, 4) is 95.9 Å². The van der Waals surface area contributed by atoms with Crippen LogP contribution in [0.5, 0.6) is 0 Å². The van der Waals surface area contributed by atoms with Gasteiger partial charge < -0.3 is 9.13 Å². The van der Waals surface area contributed by atoms with Gasteiger partial charge in [0.2, 0.25) is 0 Å². The highest BCUT2D eigenvalue weighted by Crippen LogP contribution is 2.46. The van der Waals surface area contributed by atoms with Crippen molar-refractivity contribution in [3.05, 3.63) is 275 Å². The zero-order valence-electron chi connectivity index (χ0n) is 48.6. The van der Waals surface area contributed by atoms with Gasteiger partial charge in [-0.3, -0.25) is 0 Å². The van der Waals surface area contributed by atoms with Crippen molar-refractivity contribution >= 4 is 43.6 Å². The van der Waals surface area contributed by atoms with E-state index in [0.29, 0.717) is 11.4 Å². The third kappa shape index (κ3) is 8.95. The number of aryl methyl sites for hydroxylation is 8. The fraction of sp³-hybridized carbons (Fsp3) is 0.101. The minimum absolute atomic E-state index is 0.520. The van der Waals surface area contributed by atoms with Crippen molar-refractivity contribution < 1.29 is 0 Å². The minimum atomic E-state index is 0.520. The lowest BCUT2D eigenvalue weighted by Gasteiger charge is -2.21. The first-order valence-corrected chi connectivity index (χ1v) is 28.9. The zero-order chi connectivity index (χ0) is 57.5. The summed E-state index contributed by atoms with van der Waals surface area (Å²) in [6.45, 7) is 17.4. The maximum absolute atomic E-state index is 11.5. The number of rotatable bonds is 9. The fourth-order valence-electron chi connectivity index (χ4n) is 13.1. The molecule has 402 valence electrons. The van der Waals surface area contributed by atoms with Gasteiger partial charge in [0, 0.05) is 38.2 Å². The number of hydrogen-bond donors (Lipinski definition) is 0. The van der Waals surface area contributed by atoms with Gasteiger partial charge in [-0.15, -0.1) is 0 Å². The molecule has 0 saturated heterocycles. The van der Waals surface area contributed by atoms with Crippen LogP contribution in [-0.4, -0.2) is 19.1 Å². The average molecular weight is 1080 g/mol. The van der Waals surface area contributed by atoms with Crippen LogP contribution in [0.4, 0.5) is 0 Å². The van der Waals surface area contributed by atoms with Crippen molar-refractivity contribution in [3.63, 3.8) is 0 Å². The maximum atomic E-state index is 11.5. The Morgan fingerprint density at radius 3 is 0.976 bits per heavy atom. The summed E-state index contributed by atoms with van der Waals surface area (Å²) >= 11 is 0. The molecule has 14 aromatic rings. The van der Waals surface area contributed by atoms with E-state index in [1.807, 2.05) is 24.3 Å². The van der Waals surface area contributed by atoms with Gasteiger partial charge in [0.05, 0.1) is 56.5 Å². The Hall–Kier alpha value is -10.4. The lowest BCUT2D eigenvalue weighted by Crippen LogP contribution is -2.07. The van der Waals surface area contributed by atoms with Gasteiger partial charge in [-0.25, -0.2) is 9.97 Å². The Kier molecular flexibility index (Phi) is 12.6. The Balaban J connectivity index is 1.14. The summed E-state index contributed by atoms with van der Waals surface area (Å²) < 4.78 is 4.78. The molecule has 0 unspecified atom stereocenters. The summed E-state index contributed by atoms with van der Waals surface area (Å²) in [7, 11) is 0. The van der Waals surface area contributed by atoms with E-state index in [9.17, 15) is 5.26 Å². The van der Waals surface area contributed by atoms with Gasteiger partial charge in [0.25, 0.3) is 0 Å². The number of nitrogens with zero attached hydrogens (tertiary/aromatic N) is 5. The molecule has 0 aliphatic heterocycles. The first-order valence-electron chi connectivity index (χ1n) is 28.9. The second-order valence-corrected chi connectivity index (χ2v) is 23.1. The monoisotopic (exact) mass is 1080 g/mol. The predicted molar refractivity (Wildman–Crippen MR) is 351 cm³/mol. The molecule has 0 atom stereocenters. The highest BCUT2D eigenvalue weighted by Gasteiger charge is 2.27. The van der Waals surface area contributed by atoms with Gasteiger partial charge in [-0.2, -0.15) is 5.26 Å². The van der Waals surface area contributed by atoms with Crippen molar-refractivity contribution in [1.82, 2.24) is 19.1 Å². The zero-order valence-corrected chi connectivity index (χ0v) is 48.6. The molecule has 0 radical (unpaired) electrons. The van der Waals surface area contributed by atoms with E-state index >= 15 is 0 Å². The highest BCUT2D eigenvalue weighted by molar-refractivity contribution is 6.14. The van der Waals surface area contributed by atoms with Crippen molar-refractivity contribution in [2.45, 2.75) is 55.4 Å². The van der Waals surface area contributed by atoms with E-state index in [2.05, 4.69) is 271 Å². The third-order valence-corrected chi connectivity index (χ3v) is 17.1. The summed E-state index contributed by atoms with van der Waals surface area (Å²) in [6, 6.07) is 84.1. The van der Waals surface area contributed by atoms with Crippen LogP contribution in [0.1, 0.15) is 50.1 Å². The van der Waals surface area contributed by atoms with E-state index in [-0.39, 0.29) is 0 Å². The van der Waals surface area contributed by atoms with E-state index < -0.39 is 0 Å². The van der Waals surface area contributed by atoms with Gasteiger partial charge >= 0.3 is 0 Å². The Bertz CT molecular complexity index is 4530. The van der Waals surface area contributed by atoms with E-state index in [0.717, 1.165) is 105 Å². The molecule has 0 bridgehead atoms. The molecular weight excluding hydrogens is 1020 g/mol. The first-order chi connectivity index (χ1) is 40.8. The van der Waals surface area contributed by atoms with Crippen molar-refractivity contribution in [2.75, 3.05) is 0 Å². The number of aromatic nitrogens is 4. The molecular formula is C79H61N5. The van der Waals surface area contributed by atoms with Gasteiger partial charge in [-0.05, 0) is 189 Å². The smallest absolute Gasteiger partial charge is 0.160 e. The average Bonchev–Trinajstić information content (AvgIpc) is 1.71. The first kappa shape index (κ1) is 51.7. The molecule has 11 aromatic carbocycles. The second-order valence-electron chi connectivity index (χ2n) is 23.1. The van der Waals surface area contributed by atoms with Gasteiger partial charge in [-0.1, -0.05) is 180 Å². The van der Waals surface area contributed by atoms with Crippen molar-refractivity contribution in [1.29, 1.82) is 5.26 Å². The predicted octanol–water partition coefficient (Wildman–Crippen LogP) is 20.7. The Morgan fingerprint density at radius 2 is 0.643 bits per heavy atom. The van der Waals surface area contributed by atoms with Crippen LogP contribution in [0.3, 0.4) is 0 Å². The number of fused-ring (bicyclic) bond motifs is 6. The summed E-state index contributed by atoms with van der Waals surface area (Å²) in [5, 5.41) is 15.9. The summed E-state index contributed by atoms with van der Waals surface area (Å²) in [6.07, 6.45) is 0. The molecule has 14 rings (SSSR count). The normalized spacial score (nSPS) is 11.6. The lowest BCUT2D eigenvalue weighted by atomic mass is 9.95. The quantitative estimate of drug-likeness (QED) is 0.145. The van der Waals surface area contributed by atoms with Crippen LogP contribution in [-0.2, 0) is 0 Å². The molecule has 3 heterocycles. The largest absolute Gasteiger partial charge is 0.308 e. The fourth-order valence-corrected chi connectivity index (χ4v) is 13.1. The molecule has 0 saturated carbocycles. The SMILES string of the molecule is Cc1ccc(-c2ccc3c(c2)c2cc(-c4ccc(C)cc4C)ccc2n3-c2cc(C#N)cc(-n3c4ccc(-c5ccc(C)cc5C)cc4c4cc(-c5ccc(C)cc5C)ccc43)c2-c2cc(-c3ccccc3)nc(-c3ccccc3)n2)c(C)c1. The topological polar surface area (TPSA) is 59.4 Å². The van der Waals surface area contributed by atoms with E-state index in [1.54, 1.807) is 0 Å². The molecule has 84 heavy (non-hydrogen) atoms. The maximum Gasteiger partial charge on any atom is 0.160 e. The third-order valence-electron chi connectivity index (χ3n) is 17.1. The van der Waals surface area contributed by atoms with Crippen LogP contribution >= 0.6 is 0 Å². The molecule has 0 aliphatic rings. The lowest BCUT2D eigenvalue weighted by molar-refractivity contribution is 1.11. The second kappa shape index (κ2) is 20.5. The molecule has 0 aliphatic carbocycles. The Morgan fingerprint density at radius 1 is 0.310 bits per heavy atom. The molecule has 0 fully saturated rings. The molecule has 3 aromatic heterocycles. The van der Waals surface area contributed by atoms with Crippen molar-refractivity contribution in [2.24, 2.45) is 0 Å². The van der Waals surface area contributed by atoms with Gasteiger partial charge in [0.15, 0.2) is 5.82 Å². The highest BCUT2D eigenvalue weighted by atomic mass is 15.0. The van der Waals surface area contributed by atoms with Crippen LogP contribution in [0.25, 0.3) is 133 Å². The summed E-state index contributed by atoms with van der Waals surface area (Å²) in [5.74, 6) is 0.602. The van der Waals surface area contributed by atoms with Crippen LogP contribution in [0.15, 0.2) is 224 Å². The van der Waals surface area contributed by atoms with Gasteiger partial charge in [0.1, 0.15) is 0 Å². The van der Waals surface area contributed by atoms with Crippen LogP contribution in [0, 0.1) is 66.7 Å². The summed E-state index contributed by atoms with van der Waals surface area (Å²) in [5.41, 5.74) is 29.6. The van der Waals surface area contributed by atoms with E-state index in [1.165, 1.54) is 66.8 Å². The molecule has 0 amide bonds. The van der Waals surface area contributed by atoms with Crippen LogP contribution in [0.2, 0.25) is 0 Å². The minimum Gasteiger partial charge on any atom is -0.308 e. The van der Waals surface area contributed by atoms with E-state index in [4.69, 9.17) is 9.97 Å². The molecule has 0 N–H and O–H groups in total. The number of benzene rings is 11.